The molecule has 0 aromatic heterocycles. The lowest BCUT2D eigenvalue weighted by atomic mass is 10.1. The van der Waals surface area contributed by atoms with Crippen LogP contribution >= 0.6 is 11.8 Å². The number of hydrogen-bond acceptors (Lipinski definition) is 9. The lowest BCUT2D eigenvalue weighted by molar-refractivity contribution is -0.128. The quantitative estimate of drug-likeness (QED) is 0.290. The molecule has 10 nitrogen and oxygen atoms in total. The Balaban J connectivity index is 1.48. The van der Waals surface area contributed by atoms with Gasteiger partial charge in [0.1, 0.15) is 11.0 Å². The number of nitrogens with zero attached hydrogens (tertiary/aromatic N) is 2. The van der Waals surface area contributed by atoms with E-state index in [0.717, 1.165) is 5.56 Å². The van der Waals surface area contributed by atoms with E-state index in [4.69, 9.17) is 23.9 Å². The first kappa shape index (κ1) is 30.4. The summed E-state index contributed by atoms with van der Waals surface area (Å²) >= 11 is 1.26. The molecule has 1 aliphatic heterocycles. The number of hydrogen-bond donors (Lipinski definition) is 1. The van der Waals surface area contributed by atoms with Crippen LogP contribution in [0.25, 0.3) is 0 Å². The highest BCUT2D eigenvalue weighted by molar-refractivity contribution is 8.15. The zero-order chi connectivity index (χ0) is 30.1. The van der Waals surface area contributed by atoms with E-state index in [1.54, 1.807) is 69.6 Å². The Bertz CT molecular complexity index is 1440. The predicted octanol–water partition coefficient (Wildman–Crippen LogP) is 5.09. The standard InChI is InChI=1S/C31H33N3O7S/c1-5-41-30(37)21-7-9-22(10-8-21)32-28(35)19-27-29(36)34(17-16-20-6-15-25(39-3)26(18-20)40-4)31(42-27)33-23-11-13-24(38-2)14-12-23/h6-15,18,27H,5,16-17,19H2,1-4H3,(H,32,35)/t27-/m0/s1. The minimum atomic E-state index is -0.647. The second-order valence-corrected chi connectivity index (χ2v) is 10.3. The molecule has 2 amide bonds. The lowest BCUT2D eigenvalue weighted by Crippen LogP contribution is -2.35. The first-order chi connectivity index (χ1) is 20.3. The summed E-state index contributed by atoms with van der Waals surface area (Å²) in [5.74, 6) is 0.978. The first-order valence-electron chi connectivity index (χ1n) is 13.3. The van der Waals surface area contributed by atoms with Crippen molar-refractivity contribution in [3.05, 3.63) is 77.9 Å². The number of amides is 2. The smallest absolute Gasteiger partial charge is 0.338 e. The molecule has 1 atom stereocenters. The van der Waals surface area contributed by atoms with Crippen LogP contribution in [0.15, 0.2) is 71.7 Å². The molecule has 3 aromatic rings. The number of nitrogens with one attached hydrogen (secondary N) is 1. The number of thioether (sulfide) groups is 1. The molecule has 0 unspecified atom stereocenters. The molecule has 0 aliphatic carbocycles. The summed E-state index contributed by atoms with van der Waals surface area (Å²) in [7, 11) is 4.74. The average Bonchev–Trinajstić information content (AvgIpc) is 3.29. The number of ether oxygens (including phenoxy) is 4. The number of rotatable bonds is 12. The van der Waals surface area contributed by atoms with Gasteiger partial charge in [0.15, 0.2) is 16.7 Å². The summed E-state index contributed by atoms with van der Waals surface area (Å²) in [5.41, 5.74) is 2.53. The van der Waals surface area contributed by atoms with Gasteiger partial charge < -0.3 is 24.3 Å². The molecular weight excluding hydrogens is 558 g/mol. The van der Waals surface area contributed by atoms with Crippen LogP contribution in [0.4, 0.5) is 11.4 Å². The molecule has 0 spiro atoms. The zero-order valence-electron chi connectivity index (χ0n) is 23.9. The van der Waals surface area contributed by atoms with Crippen LogP contribution in [0.3, 0.4) is 0 Å². The number of benzene rings is 3. The molecule has 1 N–H and O–H groups in total. The van der Waals surface area contributed by atoms with E-state index < -0.39 is 11.2 Å². The van der Waals surface area contributed by atoms with E-state index in [1.165, 1.54) is 11.8 Å². The lowest BCUT2D eigenvalue weighted by Gasteiger charge is -2.17. The van der Waals surface area contributed by atoms with Gasteiger partial charge in [-0.2, -0.15) is 0 Å². The molecule has 4 rings (SSSR count). The van der Waals surface area contributed by atoms with Crippen LogP contribution in [0.2, 0.25) is 0 Å². The molecule has 11 heteroatoms. The fraction of sp³-hybridized carbons (Fsp3) is 0.290. The maximum atomic E-state index is 13.5. The Kier molecular flexibility index (Phi) is 10.4. The molecule has 0 radical (unpaired) electrons. The van der Waals surface area contributed by atoms with E-state index in [0.29, 0.717) is 52.3 Å². The van der Waals surface area contributed by atoms with E-state index >= 15 is 0 Å². The van der Waals surface area contributed by atoms with Crippen molar-refractivity contribution in [2.24, 2.45) is 4.99 Å². The van der Waals surface area contributed by atoms with Gasteiger partial charge in [-0.3, -0.25) is 14.5 Å². The van der Waals surface area contributed by atoms with Crippen LogP contribution in [0.1, 0.15) is 29.3 Å². The van der Waals surface area contributed by atoms with Crippen molar-refractivity contribution in [3.8, 4) is 17.2 Å². The molecule has 1 saturated heterocycles. The van der Waals surface area contributed by atoms with E-state index in [9.17, 15) is 14.4 Å². The molecule has 0 bridgehead atoms. The van der Waals surface area contributed by atoms with Gasteiger partial charge in [-0.05, 0) is 79.6 Å². The van der Waals surface area contributed by atoms with Crippen molar-refractivity contribution in [1.82, 2.24) is 4.90 Å². The summed E-state index contributed by atoms with van der Waals surface area (Å²) in [6.45, 7) is 2.38. The Hall–Kier alpha value is -4.51. The number of aliphatic imine (C=N–C) groups is 1. The van der Waals surface area contributed by atoms with Gasteiger partial charge in [0.25, 0.3) is 0 Å². The van der Waals surface area contributed by atoms with Gasteiger partial charge in [-0.15, -0.1) is 0 Å². The molecule has 1 aliphatic rings. The third-order valence-corrected chi connectivity index (χ3v) is 7.62. The van der Waals surface area contributed by atoms with Crippen molar-refractivity contribution in [2.75, 3.05) is 39.8 Å². The average molecular weight is 592 g/mol. The topological polar surface area (TPSA) is 116 Å². The number of carbonyl (C=O) groups is 3. The Morgan fingerprint density at radius 1 is 0.929 bits per heavy atom. The summed E-state index contributed by atoms with van der Waals surface area (Å²) < 4.78 is 21.0. The van der Waals surface area contributed by atoms with Crippen molar-refractivity contribution >= 4 is 46.1 Å². The van der Waals surface area contributed by atoms with Gasteiger partial charge in [-0.1, -0.05) is 17.8 Å². The molecule has 3 aromatic carbocycles. The number of anilines is 1. The van der Waals surface area contributed by atoms with Crippen molar-refractivity contribution in [1.29, 1.82) is 0 Å². The van der Waals surface area contributed by atoms with Gasteiger partial charge in [0, 0.05) is 18.7 Å². The molecule has 0 saturated carbocycles. The van der Waals surface area contributed by atoms with Gasteiger partial charge >= 0.3 is 5.97 Å². The number of amidine groups is 1. The van der Waals surface area contributed by atoms with Crippen molar-refractivity contribution in [2.45, 2.75) is 25.0 Å². The molecule has 42 heavy (non-hydrogen) atoms. The Morgan fingerprint density at radius 2 is 1.64 bits per heavy atom. The number of esters is 1. The molecule has 1 fully saturated rings. The highest BCUT2D eigenvalue weighted by Gasteiger charge is 2.39. The third kappa shape index (κ3) is 7.61. The predicted molar refractivity (Wildman–Crippen MR) is 162 cm³/mol. The third-order valence-electron chi connectivity index (χ3n) is 6.44. The maximum absolute atomic E-state index is 13.5. The van der Waals surface area contributed by atoms with E-state index in [1.807, 2.05) is 30.3 Å². The Labute approximate surface area is 249 Å². The zero-order valence-corrected chi connectivity index (χ0v) is 24.7. The molecular formula is C31H33N3O7S. The van der Waals surface area contributed by atoms with Gasteiger partial charge in [-0.25, -0.2) is 9.79 Å². The molecule has 220 valence electrons. The highest BCUT2D eigenvalue weighted by Crippen LogP contribution is 2.33. The Morgan fingerprint density at radius 3 is 2.29 bits per heavy atom. The van der Waals surface area contributed by atoms with Crippen molar-refractivity contribution < 1.29 is 33.3 Å². The minimum Gasteiger partial charge on any atom is -0.497 e. The maximum Gasteiger partial charge on any atom is 0.338 e. The monoisotopic (exact) mass is 591 g/mol. The minimum absolute atomic E-state index is 0.0440. The fourth-order valence-corrected chi connectivity index (χ4v) is 5.44. The van der Waals surface area contributed by atoms with E-state index in [2.05, 4.69) is 5.32 Å². The second kappa shape index (κ2) is 14.4. The van der Waals surface area contributed by atoms with Crippen molar-refractivity contribution in [3.63, 3.8) is 0 Å². The van der Waals surface area contributed by atoms with Crippen LogP contribution in [-0.4, -0.2) is 67.6 Å². The SMILES string of the molecule is CCOC(=O)c1ccc(NC(=O)C[C@@H]2SC(=Nc3ccc(OC)cc3)N(CCc3ccc(OC)c(OC)c3)C2=O)cc1. The largest absolute Gasteiger partial charge is 0.497 e. The molecule has 1 heterocycles. The van der Waals surface area contributed by atoms with Crippen LogP contribution < -0.4 is 19.5 Å². The van der Waals surface area contributed by atoms with Crippen LogP contribution in [-0.2, 0) is 20.7 Å². The van der Waals surface area contributed by atoms with Crippen LogP contribution in [0.5, 0.6) is 17.2 Å². The summed E-state index contributed by atoms with van der Waals surface area (Å²) in [6, 6.07) is 19.3. The van der Waals surface area contributed by atoms with Gasteiger partial charge in [0.2, 0.25) is 11.8 Å². The summed E-state index contributed by atoms with van der Waals surface area (Å²) in [6.07, 6.45) is 0.498. The summed E-state index contributed by atoms with van der Waals surface area (Å²) in [5, 5.41) is 2.68. The van der Waals surface area contributed by atoms with Crippen LogP contribution in [0, 0.1) is 0 Å². The highest BCUT2D eigenvalue weighted by atomic mass is 32.2. The van der Waals surface area contributed by atoms with E-state index in [-0.39, 0.29) is 24.8 Å². The second-order valence-electron chi connectivity index (χ2n) is 9.18. The fourth-order valence-electron chi connectivity index (χ4n) is 4.26. The first-order valence-corrected chi connectivity index (χ1v) is 14.2. The summed E-state index contributed by atoms with van der Waals surface area (Å²) in [4.78, 5) is 44.7. The normalized spacial score (nSPS) is 15.4. The number of methoxy groups -OCH3 is 3. The van der Waals surface area contributed by atoms with Gasteiger partial charge in [0.05, 0.1) is 39.2 Å². The number of carbonyl (C=O) groups excluding carboxylic acids is 3.